The highest BCUT2D eigenvalue weighted by Crippen LogP contribution is 2.38. The van der Waals surface area contributed by atoms with Crippen molar-refractivity contribution < 1.29 is 28.1 Å². The van der Waals surface area contributed by atoms with Gasteiger partial charge in [-0.25, -0.2) is 4.39 Å². The fourth-order valence-corrected chi connectivity index (χ4v) is 2.86. The van der Waals surface area contributed by atoms with Gasteiger partial charge in [0, 0.05) is 6.42 Å². The maximum absolute atomic E-state index is 13.7. The van der Waals surface area contributed by atoms with Gasteiger partial charge in [-0.3, -0.25) is 4.79 Å². The van der Waals surface area contributed by atoms with Gasteiger partial charge in [0.2, 0.25) is 0 Å². The highest BCUT2D eigenvalue weighted by molar-refractivity contribution is 6.32. The van der Waals surface area contributed by atoms with Crippen molar-refractivity contribution in [2.45, 2.75) is 19.4 Å². The third kappa shape index (κ3) is 4.38. The van der Waals surface area contributed by atoms with E-state index in [1.807, 2.05) is 0 Å². The second-order valence-electron chi connectivity index (χ2n) is 5.76. The van der Waals surface area contributed by atoms with Gasteiger partial charge >= 0.3 is 5.97 Å². The van der Waals surface area contributed by atoms with Gasteiger partial charge < -0.3 is 18.9 Å². The van der Waals surface area contributed by atoms with Crippen LogP contribution in [0.15, 0.2) is 30.3 Å². The lowest BCUT2D eigenvalue weighted by atomic mass is 10.1. The molecule has 5 nitrogen and oxygen atoms in total. The molecule has 1 aliphatic heterocycles. The third-order valence-electron chi connectivity index (χ3n) is 3.83. The van der Waals surface area contributed by atoms with Gasteiger partial charge in [0.25, 0.3) is 0 Å². The summed E-state index contributed by atoms with van der Waals surface area (Å²) in [6, 6.07) is 7.78. The molecule has 0 spiro atoms. The molecule has 0 saturated heterocycles. The SMILES string of the molecule is COc1ccc(COC(=O)Cc2cc(Cl)c3c(c2)OCCCO3)cc1F. The molecule has 138 valence electrons. The molecular formula is C19H18ClFO5. The van der Waals surface area contributed by atoms with Crippen LogP contribution in [0.2, 0.25) is 5.02 Å². The van der Waals surface area contributed by atoms with Crippen LogP contribution in [-0.2, 0) is 22.6 Å². The van der Waals surface area contributed by atoms with E-state index in [4.69, 9.17) is 30.5 Å². The average Bonchev–Trinajstić information content (AvgIpc) is 2.86. The van der Waals surface area contributed by atoms with E-state index in [0.29, 0.717) is 40.9 Å². The van der Waals surface area contributed by atoms with Gasteiger partial charge in [0.15, 0.2) is 23.1 Å². The van der Waals surface area contributed by atoms with E-state index in [9.17, 15) is 9.18 Å². The van der Waals surface area contributed by atoms with E-state index in [-0.39, 0.29) is 18.8 Å². The van der Waals surface area contributed by atoms with Gasteiger partial charge in [0.1, 0.15) is 6.61 Å². The quantitative estimate of drug-likeness (QED) is 0.735. The summed E-state index contributed by atoms with van der Waals surface area (Å²) in [6.45, 7) is 1.03. The van der Waals surface area contributed by atoms with E-state index in [2.05, 4.69) is 0 Å². The summed E-state index contributed by atoms with van der Waals surface area (Å²) >= 11 is 6.21. The zero-order valence-corrected chi connectivity index (χ0v) is 15.0. The Labute approximate surface area is 155 Å². The largest absolute Gasteiger partial charge is 0.494 e. The highest BCUT2D eigenvalue weighted by atomic mass is 35.5. The molecule has 26 heavy (non-hydrogen) atoms. The maximum Gasteiger partial charge on any atom is 0.310 e. The van der Waals surface area contributed by atoms with Crippen molar-refractivity contribution in [1.29, 1.82) is 0 Å². The minimum absolute atomic E-state index is 0.0228. The molecule has 2 aromatic carbocycles. The van der Waals surface area contributed by atoms with Crippen LogP contribution in [-0.4, -0.2) is 26.3 Å². The van der Waals surface area contributed by atoms with Crippen LogP contribution in [0, 0.1) is 5.82 Å². The number of fused-ring (bicyclic) bond motifs is 1. The lowest BCUT2D eigenvalue weighted by molar-refractivity contribution is -0.144. The zero-order chi connectivity index (χ0) is 18.5. The van der Waals surface area contributed by atoms with Crippen LogP contribution >= 0.6 is 11.6 Å². The molecule has 0 radical (unpaired) electrons. The number of ether oxygens (including phenoxy) is 4. The lowest BCUT2D eigenvalue weighted by Crippen LogP contribution is -2.08. The molecule has 0 amide bonds. The van der Waals surface area contributed by atoms with Crippen molar-refractivity contribution >= 4 is 17.6 Å². The summed E-state index contributed by atoms with van der Waals surface area (Å²) in [7, 11) is 1.39. The Morgan fingerprint density at radius 1 is 1.19 bits per heavy atom. The Balaban J connectivity index is 1.62. The monoisotopic (exact) mass is 380 g/mol. The number of hydrogen-bond acceptors (Lipinski definition) is 5. The molecule has 1 aliphatic rings. The fourth-order valence-electron chi connectivity index (χ4n) is 2.57. The second kappa shape index (κ2) is 8.27. The van der Waals surface area contributed by atoms with Gasteiger partial charge in [-0.1, -0.05) is 17.7 Å². The smallest absolute Gasteiger partial charge is 0.310 e. The van der Waals surface area contributed by atoms with Gasteiger partial charge in [-0.2, -0.15) is 0 Å². The van der Waals surface area contributed by atoms with Crippen molar-refractivity contribution in [1.82, 2.24) is 0 Å². The highest BCUT2D eigenvalue weighted by Gasteiger charge is 2.17. The van der Waals surface area contributed by atoms with Crippen LogP contribution in [0.5, 0.6) is 17.2 Å². The average molecular weight is 381 g/mol. The molecule has 2 aromatic rings. The number of methoxy groups -OCH3 is 1. The molecule has 0 N–H and O–H groups in total. The van der Waals surface area contributed by atoms with E-state index in [0.717, 1.165) is 6.42 Å². The molecule has 0 aliphatic carbocycles. The molecule has 0 aromatic heterocycles. The number of hydrogen-bond donors (Lipinski definition) is 0. The number of halogens is 2. The molecule has 0 unspecified atom stereocenters. The van der Waals surface area contributed by atoms with Gasteiger partial charge in [0.05, 0.1) is 31.8 Å². The van der Waals surface area contributed by atoms with Crippen molar-refractivity contribution in [3.63, 3.8) is 0 Å². The minimum atomic E-state index is -0.504. The summed E-state index contributed by atoms with van der Waals surface area (Å²) in [4.78, 5) is 12.1. The first-order valence-corrected chi connectivity index (χ1v) is 8.50. The van der Waals surface area contributed by atoms with E-state index >= 15 is 0 Å². The van der Waals surface area contributed by atoms with Crippen LogP contribution < -0.4 is 14.2 Å². The topological polar surface area (TPSA) is 54.0 Å². The second-order valence-corrected chi connectivity index (χ2v) is 6.17. The normalized spacial score (nSPS) is 13.0. The van der Waals surface area contributed by atoms with Crippen molar-refractivity contribution in [2.75, 3.05) is 20.3 Å². The standard InChI is InChI=1S/C19H18ClFO5/c1-23-16-4-3-12(8-15(16)21)11-26-18(22)10-13-7-14(20)19-17(9-13)24-5-2-6-25-19/h3-4,7-9H,2,5-6,10-11H2,1H3. The molecule has 0 bridgehead atoms. The van der Waals surface area contributed by atoms with E-state index in [1.54, 1.807) is 18.2 Å². The Bertz CT molecular complexity index is 809. The predicted octanol–water partition coefficient (Wildman–Crippen LogP) is 3.93. The van der Waals surface area contributed by atoms with Crippen molar-refractivity contribution in [2.24, 2.45) is 0 Å². The minimum Gasteiger partial charge on any atom is -0.494 e. The number of carbonyl (C=O) groups is 1. The first-order valence-electron chi connectivity index (χ1n) is 8.13. The van der Waals surface area contributed by atoms with Crippen LogP contribution in [0.4, 0.5) is 4.39 Å². The summed E-state index contributed by atoms with van der Waals surface area (Å²) in [5.41, 5.74) is 1.19. The number of rotatable bonds is 5. The Kier molecular flexibility index (Phi) is 5.83. The Morgan fingerprint density at radius 2 is 2.00 bits per heavy atom. The molecule has 1 heterocycles. The van der Waals surface area contributed by atoms with Gasteiger partial charge in [-0.05, 0) is 35.4 Å². The number of carbonyl (C=O) groups excluding carboxylic acids is 1. The molecular weight excluding hydrogens is 363 g/mol. The van der Waals surface area contributed by atoms with Crippen molar-refractivity contribution in [3.05, 3.63) is 52.3 Å². The number of benzene rings is 2. The molecule has 0 saturated carbocycles. The molecule has 0 atom stereocenters. The van der Waals surface area contributed by atoms with E-state index < -0.39 is 11.8 Å². The Hall–Kier alpha value is -2.47. The maximum atomic E-state index is 13.7. The molecule has 0 fully saturated rings. The zero-order valence-electron chi connectivity index (χ0n) is 14.2. The van der Waals surface area contributed by atoms with Crippen LogP contribution in [0.25, 0.3) is 0 Å². The first kappa shape index (κ1) is 18.3. The molecule has 7 heteroatoms. The summed E-state index contributed by atoms with van der Waals surface area (Å²) < 4.78 is 34.9. The summed E-state index contributed by atoms with van der Waals surface area (Å²) in [6.07, 6.45) is 0.788. The first-order chi connectivity index (χ1) is 12.6. The van der Waals surface area contributed by atoms with Crippen LogP contribution in [0.3, 0.4) is 0 Å². The number of esters is 1. The summed E-state index contributed by atoms with van der Waals surface area (Å²) in [5, 5.41) is 0.393. The molecule has 3 rings (SSSR count). The summed E-state index contributed by atoms with van der Waals surface area (Å²) in [5.74, 6) is 0.203. The predicted molar refractivity (Wildman–Crippen MR) is 93.5 cm³/mol. The Morgan fingerprint density at radius 3 is 2.77 bits per heavy atom. The van der Waals surface area contributed by atoms with E-state index in [1.165, 1.54) is 19.2 Å². The van der Waals surface area contributed by atoms with Crippen LogP contribution in [0.1, 0.15) is 17.5 Å². The lowest BCUT2D eigenvalue weighted by Gasteiger charge is -2.11. The fraction of sp³-hybridized carbons (Fsp3) is 0.316. The van der Waals surface area contributed by atoms with Crippen molar-refractivity contribution in [3.8, 4) is 17.2 Å². The third-order valence-corrected chi connectivity index (χ3v) is 4.11. The van der Waals surface area contributed by atoms with Gasteiger partial charge in [-0.15, -0.1) is 0 Å².